The molecule has 43 heavy (non-hydrogen) atoms. The van der Waals surface area contributed by atoms with E-state index in [1.54, 1.807) is 6.08 Å². The van der Waals surface area contributed by atoms with Crippen molar-refractivity contribution in [2.75, 3.05) is 6.54 Å². The van der Waals surface area contributed by atoms with Gasteiger partial charge in [0.05, 0.1) is 28.8 Å². The van der Waals surface area contributed by atoms with Gasteiger partial charge in [-0.25, -0.2) is 13.8 Å². The van der Waals surface area contributed by atoms with Crippen molar-refractivity contribution in [3.63, 3.8) is 0 Å². The predicted octanol–water partition coefficient (Wildman–Crippen LogP) is 6.08. The second-order valence-corrected chi connectivity index (χ2v) is 11.7. The van der Waals surface area contributed by atoms with Crippen molar-refractivity contribution in [1.29, 1.82) is 0 Å². The van der Waals surface area contributed by atoms with E-state index in [0.717, 1.165) is 47.7 Å². The number of carbonyl (C=O) groups excluding carboxylic acids is 1. The molecule has 0 unspecified atom stereocenters. The number of H-pyrrole nitrogens is 1. The van der Waals surface area contributed by atoms with E-state index in [0.29, 0.717) is 24.4 Å². The van der Waals surface area contributed by atoms with E-state index >= 15 is 0 Å². The van der Waals surface area contributed by atoms with Gasteiger partial charge in [-0.3, -0.25) is 9.59 Å². The normalized spacial score (nSPS) is 20.0. The first-order valence-corrected chi connectivity index (χ1v) is 14.3. The number of aliphatic hydroxyl groups excluding tert-OH is 1. The number of aryl methyl sites for hydroxylation is 1. The van der Waals surface area contributed by atoms with Gasteiger partial charge in [-0.2, -0.15) is 13.2 Å². The van der Waals surface area contributed by atoms with Crippen molar-refractivity contribution >= 4 is 11.5 Å². The third-order valence-electron chi connectivity index (χ3n) is 8.76. The van der Waals surface area contributed by atoms with Crippen molar-refractivity contribution in [1.82, 2.24) is 14.9 Å². The van der Waals surface area contributed by atoms with Crippen LogP contribution < -0.4 is 5.56 Å². The highest BCUT2D eigenvalue weighted by atomic mass is 19.4. The number of rotatable bonds is 5. The van der Waals surface area contributed by atoms with E-state index in [4.69, 9.17) is 4.98 Å². The Kier molecular flexibility index (Phi) is 7.27. The fourth-order valence-corrected chi connectivity index (χ4v) is 6.10. The molecule has 2 aliphatic carbocycles. The number of alkyl halides is 5. The first kappa shape index (κ1) is 29.2. The highest BCUT2D eigenvalue weighted by Gasteiger charge is 2.49. The highest BCUT2D eigenvalue weighted by molar-refractivity contribution is 5.82. The summed E-state index contributed by atoms with van der Waals surface area (Å²) in [5, 5.41) is 10.7. The molecular formula is C32H30F5N3O3. The van der Waals surface area contributed by atoms with Gasteiger partial charge in [-0.05, 0) is 66.5 Å². The summed E-state index contributed by atoms with van der Waals surface area (Å²) in [6.45, 7) is 0.0649. The SMILES string of the molecule is O=C([C@H](O)c1cccc(C(F)(F)F)c1)N1CCCc2nc(C3(c4cccc(C5=CCC(F)(F)CC5)c4)CC3)[nH]c(=O)c2C1. The van der Waals surface area contributed by atoms with Crippen LogP contribution in [0.3, 0.4) is 0 Å². The Morgan fingerprint density at radius 2 is 1.81 bits per heavy atom. The quantitative estimate of drug-likeness (QED) is 0.348. The van der Waals surface area contributed by atoms with Gasteiger partial charge in [0.15, 0.2) is 6.10 Å². The molecule has 1 aliphatic heterocycles. The maximum atomic E-state index is 13.7. The molecule has 3 aliphatic rings. The average molecular weight is 600 g/mol. The lowest BCUT2D eigenvalue weighted by molar-refractivity contribution is -0.142. The molecule has 1 aromatic heterocycles. The fraction of sp³-hybridized carbons (Fsp3) is 0.406. The van der Waals surface area contributed by atoms with Gasteiger partial charge in [0.25, 0.3) is 17.4 Å². The topological polar surface area (TPSA) is 86.3 Å². The van der Waals surface area contributed by atoms with Crippen molar-refractivity contribution in [2.45, 2.75) is 75.1 Å². The molecule has 11 heteroatoms. The maximum Gasteiger partial charge on any atom is 0.416 e. The number of aromatic nitrogens is 2. The summed E-state index contributed by atoms with van der Waals surface area (Å²) in [7, 11) is 0. The minimum absolute atomic E-state index is 0.131. The summed E-state index contributed by atoms with van der Waals surface area (Å²) < 4.78 is 66.8. The molecule has 6 rings (SSSR count). The van der Waals surface area contributed by atoms with E-state index in [1.165, 1.54) is 11.0 Å². The number of hydrogen-bond donors (Lipinski definition) is 2. The summed E-state index contributed by atoms with van der Waals surface area (Å²) in [6, 6.07) is 11.7. The number of carbonyl (C=O) groups is 1. The number of allylic oxidation sites excluding steroid dienone is 2. The van der Waals surface area contributed by atoms with E-state index < -0.39 is 40.6 Å². The lowest BCUT2D eigenvalue weighted by Crippen LogP contribution is -2.36. The Labute approximate surface area is 244 Å². The molecule has 1 fully saturated rings. The summed E-state index contributed by atoms with van der Waals surface area (Å²) >= 11 is 0. The number of aromatic amines is 1. The summed E-state index contributed by atoms with van der Waals surface area (Å²) in [5.41, 5.74) is 1.46. The van der Waals surface area contributed by atoms with Crippen LogP contribution in [-0.4, -0.2) is 38.3 Å². The van der Waals surface area contributed by atoms with Crippen LogP contribution >= 0.6 is 0 Å². The van der Waals surface area contributed by atoms with Gasteiger partial charge in [0, 0.05) is 19.4 Å². The Morgan fingerprint density at radius 3 is 2.51 bits per heavy atom. The number of amides is 1. The first-order valence-electron chi connectivity index (χ1n) is 14.3. The minimum atomic E-state index is -4.62. The fourth-order valence-electron chi connectivity index (χ4n) is 6.10. The second-order valence-electron chi connectivity index (χ2n) is 11.7. The number of benzene rings is 2. The second kappa shape index (κ2) is 10.7. The smallest absolute Gasteiger partial charge is 0.378 e. The lowest BCUT2D eigenvalue weighted by atomic mass is 9.87. The average Bonchev–Trinajstić information content (AvgIpc) is 3.81. The number of nitrogens with zero attached hydrogens (tertiary/aromatic N) is 2. The molecule has 6 nitrogen and oxygen atoms in total. The van der Waals surface area contributed by atoms with Crippen LogP contribution in [0.5, 0.6) is 0 Å². The molecule has 226 valence electrons. The zero-order valence-electron chi connectivity index (χ0n) is 23.2. The number of nitrogens with one attached hydrogen (secondary N) is 1. The lowest BCUT2D eigenvalue weighted by Gasteiger charge is -2.24. The molecule has 1 saturated carbocycles. The van der Waals surface area contributed by atoms with Gasteiger partial charge in [0.2, 0.25) is 0 Å². The molecule has 0 spiro atoms. The van der Waals surface area contributed by atoms with E-state index in [2.05, 4.69) is 4.98 Å². The van der Waals surface area contributed by atoms with Crippen LogP contribution in [0.2, 0.25) is 0 Å². The van der Waals surface area contributed by atoms with Gasteiger partial charge in [-0.15, -0.1) is 0 Å². The summed E-state index contributed by atoms with van der Waals surface area (Å²) in [6.07, 6.45) is -2.66. The molecule has 1 amide bonds. The van der Waals surface area contributed by atoms with Gasteiger partial charge >= 0.3 is 6.18 Å². The van der Waals surface area contributed by atoms with Crippen molar-refractivity contribution < 1.29 is 31.9 Å². The molecular weight excluding hydrogens is 569 g/mol. The summed E-state index contributed by atoms with van der Waals surface area (Å²) in [5.74, 6) is -2.96. The standard InChI is InChI=1S/C32H30F5N3O3/c33-31(34)11-9-19(10-12-31)20-4-1-6-22(16-20)30(13-14-30)29-38-25-8-3-15-40(18-24(25)27(42)39-29)28(43)26(41)21-5-2-7-23(17-21)32(35,36)37/h1-2,4-7,9,16-17,26,41H,3,8,10-15,18H2,(H,38,39,42)/t26-/m1/s1. The molecule has 1 atom stereocenters. The molecule has 3 aromatic rings. The predicted molar refractivity (Wildman–Crippen MR) is 148 cm³/mol. The molecule has 2 N–H and O–H groups in total. The van der Waals surface area contributed by atoms with E-state index in [-0.39, 0.29) is 43.5 Å². The zero-order valence-corrected chi connectivity index (χ0v) is 23.2. The maximum absolute atomic E-state index is 13.7. The third-order valence-corrected chi connectivity index (χ3v) is 8.76. The number of hydrogen-bond acceptors (Lipinski definition) is 4. The van der Waals surface area contributed by atoms with Crippen LogP contribution in [0.25, 0.3) is 5.57 Å². The van der Waals surface area contributed by atoms with Gasteiger partial charge in [-0.1, -0.05) is 42.5 Å². The Hall–Kier alpha value is -3.86. The van der Waals surface area contributed by atoms with Crippen LogP contribution in [0.4, 0.5) is 22.0 Å². The number of halogens is 5. The zero-order chi connectivity index (χ0) is 30.6. The van der Waals surface area contributed by atoms with Crippen molar-refractivity contribution in [2.24, 2.45) is 0 Å². The molecule has 0 bridgehead atoms. The first-order chi connectivity index (χ1) is 20.4. The van der Waals surface area contributed by atoms with Gasteiger partial charge in [0.1, 0.15) is 5.82 Å². The highest BCUT2D eigenvalue weighted by Crippen LogP contribution is 2.52. The van der Waals surface area contributed by atoms with Crippen molar-refractivity contribution in [3.8, 4) is 0 Å². The molecule has 2 aromatic carbocycles. The molecule has 0 saturated heterocycles. The largest absolute Gasteiger partial charge is 0.416 e. The van der Waals surface area contributed by atoms with E-state index in [9.17, 15) is 36.6 Å². The van der Waals surface area contributed by atoms with Crippen LogP contribution in [0.15, 0.2) is 59.4 Å². The van der Waals surface area contributed by atoms with E-state index in [1.807, 2.05) is 24.3 Å². The number of aliphatic hydroxyl groups is 1. The Bertz CT molecular complexity index is 1660. The molecule has 2 heterocycles. The van der Waals surface area contributed by atoms with Crippen LogP contribution in [0.1, 0.15) is 84.0 Å². The van der Waals surface area contributed by atoms with Crippen LogP contribution in [0, 0.1) is 0 Å². The Balaban J connectivity index is 1.24. The molecule has 0 radical (unpaired) electrons. The van der Waals surface area contributed by atoms with Crippen LogP contribution in [-0.2, 0) is 29.4 Å². The summed E-state index contributed by atoms with van der Waals surface area (Å²) in [4.78, 5) is 35.6. The van der Waals surface area contributed by atoms with Crippen molar-refractivity contribution in [3.05, 3.63) is 104 Å². The monoisotopic (exact) mass is 599 g/mol. The number of fused-ring (bicyclic) bond motifs is 1. The third kappa shape index (κ3) is 5.74. The van der Waals surface area contributed by atoms with Gasteiger partial charge < -0.3 is 15.0 Å². The Morgan fingerprint density at radius 1 is 1.05 bits per heavy atom. The minimum Gasteiger partial charge on any atom is -0.378 e.